The van der Waals surface area contributed by atoms with Gasteiger partial charge in [0, 0.05) is 0 Å². The molecule has 0 unspecified atom stereocenters. The molecule has 0 radical (unpaired) electrons. The lowest BCUT2D eigenvalue weighted by molar-refractivity contribution is -0.133. The molecule has 0 heterocycles. The zero-order valence-corrected chi connectivity index (χ0v) is 18.0. The molecule has 0 aliphatic heterocycles. The summed E-state index contributed by atoms with van der Waals surface area (Å²) in [4.78, 5) is 21.1. The zero-order valence-electron chi connectivity index (χ0n) is 18.0. The number of hydrogen-bond acceptors (Lipinski definition) is 8. The molecular weight excluding hydrogens is 396 g/mol. The van der Waals surface area contributed by atoms with Crippen molar-refractivity contribution in [2.75, 3.05) is 53.0 Å². The van der Waals surface area contributed by atoms with Crippen molar-refractivity contribution in [3.63, 3.8) is 0 Å². The first-order valence-corrected chi connectivity index (χ1v) is 10.1. The minimum Gasteiger partial charge on any atom is -0.498 e. The average molecular weight is 433 g/mol. The Morgan fingerprint density at radius 3 is 1.47 bits per heavy atom. The summed E-state index contributed by atoms with van der Waals surface area (Å²) >= 11 is 0. The van der Waals surface area contributed by atoms with Crippen LogP contribution in [0.4, 0.5) is 0 Å². The van der Waals surface area contributed by atoms with Crippen molar-refractivity contribution in [1.82, 2.24) is 10.6 Å². The normalized spacial score (nSPS) is 12.1. The smallest absolute Gasteiger partial charge is 0.334 e. The molecule has 174 valence electrons. The quantitative estimate of drug-likeness (QED) is 0.0918. The van der Waals surface area contributed by atoms with E-state index in [2.05, 4.69) is 10.6 Å². The Balaban J connectivity index is 3.20. The summed E-state index contributed by atoms with van der Waals surface area (Å²) in [6, 6.07) is 0. The molecule has 0 aliphatic rings. The van der Waals surface area contributed by atoms with Crippen LogP contribution in [0.2, 0.25) is 0 Å². The molecule has 0 saturated carbocycles. The molecule has 0 aromatic carbocycles. The lowest BCUT2D eigenvalue weighted by Crippen LogP contribution is -2.21. The van der Waals surface area contributed by atoms with Crippen molar-refractivity contribution < 1.29 is 38.7 Å². The number of hydrogen-bond donors (Lipinski definition) is 4. The third kappa shape index (κ3) is 19.2. The average Bonchev–Trinajstić information content (AvgIpc) is 2.71. The molecule has 0 aliphatic carbocycles. The van der Waals surface area contributed by atoms with Crippen molar-refractivity contribution in [1.29, 1.82) is 0 Å². The van der Waals surface area contributed by atoms with Crippen LogP contribution in [0.5, 0.6) is 0 Å². The molecular formula is C20H36N2O8. The number of nitrogens with one attached hydrogen (secondary N) is 2. The first-order valence-electron chi connectivity index (χ1n) is 10.1. The summed E-state index contributed by atoms with van der Waals surface area (Å²) in [6.45, 7) is 7.02. The Morgan fingerprint density at radius 1 is 0.700 bits per heavy atom. The van der Waals surface area contributed by atoms with E-state index >= 15 is 0 Å². The van der Waals surface area contributed by atoms with Crippen LogP contribution >= 0.6 is 0 Å². The Labute approximate surface area is 178 Å². The topological polar surface area (TPSA) is 136 Å². The monoisotopic (exact) mass is 432 g/mol. The van der Waals surface area contributed by atoms with E-state index in [1.54, 1.807) is 0 Å². The van der Waals surface area contributed by atoms with E-state index in [1.165, 1.54) is 26.4 Å². The Morgan fingerprint density at radius 2 is 1.10 bits per heavy atom. The number of unbranched alkanes of at least 4 members (excludes halogenated alkanes) is 3. The summed E-state index contributed by atoms with van der Waals surface area (Å²) in [6.07, 6.45) is 6.83. The molecule has 0 bridgehead atoms. The van der Waals surface area contributed by atoms with Crippen molar-refractivity contribution in [2.24, 2.45) is 0 Å². The van der Waals surface area contributed by atoms with Gasteiger partial charge in [-0.1, -0.05) is 12.8 Å². The highest BCUT2D eigenvalue weighted by atomic mass is 16.5. The van der Waals surface area contributed by atoms with Crippen LogP contribution in [0.3, 0.4) is 0 Å². The fourth-order valence-electron chi connectivity index (χ4n) is 1.97. The van der Waals surface area contributed by atoms with Gasteiger partial charge in [-0.3, -0.25) is 10.6 Å². The number of carboxylic acid groups (broad SMARTS) is 2. The first kappa shape index (κ1) is 27.9. The Bertz CT molecular complexity index is 477. The molecule has 0 spiro atoms. The van der Waals surface area contributed by atoms with Crippen LogP contribution in [-0.4, -0.2) is 75.1 Å². The molecule has 0 fully saturated rings. The van der Waals surface area contributed by atoms with E-state index in [4.69, 9.17) is 29.2 Å². The van der Waals surface area contributed by atoms with Gasteiger partial charge in [-0.15, -0.1) is 0 Å². The van der Waals surface area contributed by atoms with Gasteiger partial charge >= 0.3 is 11.9 Å². The van der Waals surface area contributed by atoms with E-state index in [9.17, 15) is 9.59 Å². The highest BCUT2D eigenvalue weighted by molar-refractivity contribution is 5.85. The predicted molar refractivity (Wildman–Crippen MR) is 111 cm³/mol. The van der Waals surface area contributed by atoms with E-state index < -0.39 is 11.9 Å². The summed E-state index contributed by atoms with van der Waals surface area (Å²) in [5, 5.41) is 23.6. The van der Waals surface area contributed by atoms with Gasteiger partial charge in [-0.25, -0.2) is 9.59 Å². The second kappa shape index (κ2) is 20.1. The van der Waals surface area contributed by atoms with Gasteiger partial charge in [0.15, 0.2) is 0 Å². The molecule has 0 atom stereocenters. The maximum absolute atomic E-state index is 10.5. The minimum atomic E-state index is -0.994. The highest BCUT2D eigenvalue weighted by Crippen LogP contribution is 1.98. The lowest BCUT2D eigenvalue weighted by atomic mass is 10.2. The number of carbonyl (C=O) groups is 2. The second-order valence-corrected chi connectivity index (χ2v) is 6.47. The molecule has 0 aromatic rings. The summed E-state index contributed by atoms with van der Waals surface area (Å²) in [7, 11) is 0. The standard InChI is InChI=1S/C20H36N2O8/c1-17(19(23)24)13-27-9-11-29-15-21-7-5-3-4-6-8-22-16-30-12-10-28-14-18(2)20(25)26/h13-14,21-22H,3-12,15-16H2,1-2H3,(H,23,24)(H,25,26). The highest BCUT2D eigenvalue weighted by Gasteiger charge is 1.99. The van der Waals surface area contributed by atoms with Gasteiger partial charge in [0.05, 0.1) is 50.3 Å². The third-order valence-corrected chi connectivity index (χ3v) is 3.75. The van der Waals surface area contributed by atoms with E-state index in [0.29, 0.717) is 39.9 Å². The Kier molecular flexibility index (Phi) is 18.7. The van der Waals surface area contributed by atoms with Crippen LogP contribution in [0.1, 0.15) is 39.5 Å². The molecule has 4 N–H and O–H groups in total. The number of rotatable bonds is 21. The van der Waals surface area contributed by atoms with Gasteiger partial charge in [0.2, 0.25) is 0 Å². The van der Waals surface area contributed by atoms with Gasteiger partial charge in [0.25, 0.3) is 0 Å². The van der Waals surface area contributed by atoms with Crippen LogP contribution in [-0.2, 0) is 28.5 Å². The fourth-order valence-corrected chi connectivity index (χ4v) is 1.97. The summed E-state index contributed by atoms with van der Waals surface area (Å²) in [5.41, 5.74) is 0.311. The van der Waals surface area contributed by atoms with Crippen LogP contribution < -0.4 is 10.6 Å². The molecule has 0 amide bonds. The van der Waals surface area contributed by atoms with Crippen LogP contribution in [0.25, 0.3) is 0 Å². The lowest BCUT2D eigenvalue weighted by Gasteiger charge is -2.08. The number of aliphatic carboxylic acids is 2. The van der Waals surface area contributed by atoms with E-state index in [1.807, 2.05) is 0 Å². The summed E-state index contributed by atoms with van der Waals surface area (Å²) in [5.74, 6) is -1.99. The molecule has 0 rings (SSSR count). The fraction of sp³-hybridized carbons (Fsp3) is 0.700. The molecule has 10 heteroatoms. The maximum Gasteiger partial charge on any atom is 0.334 e. The zero-order chi connectivity index (χ0) is 22.5. The van der Waals surface area contributed by atoms with Gasteiger partial charge in [-0.05, 0) is 39.8 Å². The van der Waals surface area contributed by atoms with Gasteiger partial charge in [0.1, 0.15) is 13.2 Å². The van der Waals surface area contributed by atoms with Gasteiger partial charge < -0.3 is 29.2 Å². The predicted octanol–water partition coefficient (Wildman–Crippen LogP) is 1.68. The van der Waals surface area contributed by atoms with E-state index in [0.717, 1.165) is 38.8 Å². The number of ether oxygens (including phenoxy) is 4. The van der Waals surface area contributed by atoms with Crippen LogP contribution in [0.15, 0.2) is 23.7 Å². The van der Waals surface area contributed by atoms with Crippen molar-refractivity contribution >= 4 is 11.9 Å². The van der Waals surface area contributed by atoms with Gasteiger partial charge in [-0.2, -0.15) is 0 Å². The first-order chi connectivity index (χ1) is 14.4. The minimum absolute atomic E-state index is 0.156. The third-order valence-electron chi connectivity index (χ3n) is 3.75. The van der Waals surface area contributed by atoms with Crippen molar-refractivity contribution in [3.05, 3.63) is 23.7 Å². The molecule has 30 heavy (non-hydrogen) atoms. The number of carboxylic acids is 2. The second-order valence-electron chi connectivity index (χ2n) is 6.47. The maximum atomic E-state index is 10.5. The molecule has 10 nitrogen and oxygen atoms in total. The van der Waals surface area contributed by atoms with E-state index in [-0.39, 0.29) is 11.1 Å². The molecule has 0 saturated heterocycles. The summed E-state index contributed by atoms with van der Waals surface area (Å²) < 4.78 is 20.8. The van der Waals surface area contributed by atoms with Crippen molar-refractivity contribution in [2.45, 2.75) is 39.5 Å². The SMILES string of the molecule is CC(=COCCOCNCCCCCCNCOCCOC=C(C)C(=O)O)C(=O)O. The molecule has 0 aromatic heterocycles. The Hall–Kier alpha value is -2.14. The van der Waals surface area contributed by atoms with Crippen LogP contribution in [0, 0.1) is 0 Å². The largest absolute Gasteiger partial charge is 0.498 e. The van der Waals surface area contributed by atoms with Crippen molar-refractivity contribution in [3.8, 4) is 0 Å².